The molecule has 1 amide bonds. The SMILES string of the molecule is Cc1ccccc1SCC(=O)OCC(=O)Nc1cccc(S(=O)(=O)N2CCCC2)c1. The number of carbonyl (C=O) groups excluding carboxylic acids is 2. The summed E-state index contributed by atoms with van der Waals surface area (Å²) in [4.78, 5) is 25.1. The number of amides is 1. The highest BCUT2D eigenvalue weighted by Gasteiger charge is 2.27. The van der Waals surface area contributed by atoms with Crippen LogP contribution >= 0.6 is 11.8 Å². The van der Waals surface area contributed by atoms with Crippen molar-refractivity contribution < 1.29 is 22.7 Å². The van der Waals surface area contributed by atoms with Gasteiger partial charge in [-0.25, -0.2) is 8.42 Å². The Bertz CT molecular complexity index is 1020. The van der Waals surface area contributed by atoms with Gasteiger partial charge in [0, 0.05) is 23.7 Å². The van der Waals surface area contributed by atoms with E-state index in [-0.39, 0.29) is 10.6 Å². The van der Waals surface area contributed by atoms with Crippen LogP contribution in [0.25, 0.3) is 0 Å². The first-order valence-corrected chi connectivity index (χ1v) is 12.0. The number of hydrogen-bond donors (Lipinski definition) is 1. The van der Waals surface area contributed by atoms with Gasteiger partial charge in [-0.1, -0.05) is 24.3 Å². The Morgan fingerprint density at radius 2 is 1.83 bits per heavy atom. The fourth-order valence-electron chi connectivity index (χ4n) is 3.05. The van der Waals surface area contributed by atoms with Gasteiger partial charge >= 0.3 is 5.97 Å². The van der Waals surface area contributed by atoms with Crippen molar-refractivity contribution >= 4 is 39.3 Å². The molecule has 2 aromatic rings. The fraction of sp³-hybridized carbons (Fsp3) is 0.333. The Balaban J connectivity index is 1.50. The summed E-state index contributed by atoms with van der Waals surface area (Å²) in [5.74, 6) is -0.925. The Morgan fingerprint density at radius 3 is 2.57 bits per heavy atom. The lowest BCUT2D eigenvalue weighted by molar-refractivity contribution is -0.144. The number of hydrogen-bond acceptors (Lipinski definition) is 6. The third-order valence-electron chi connectivity index (χ3n) is 4.62. The molecule has 0 spiro atoms. The molecule has 1 fully saturated rings. The van der Waals surface area contributed by atoms with E-state index in [4.69, 9.17) is 4.74 Å². The molecule has 30 heavy (non-hydrogen) atoms. The highest BCUT2D eigenvalue weighted by atomic mass is 32.2. The summed E-state index contributed by atoms with van der Waals surface area (Å²) >= 11 is 1.35. The Morgan fingerprint density at radius 1 is 1.10 bits per heavy atom. The number of rotatable bonds is 8. The van der Waals surface area contributed by atoms with Gasteiger partial charge in [-0.15, -0.1) is 11.8 Å². The largest absolute Gasteiger partial charge is 0.455 e. The van der Waals surface area contributed by atoms with E-state index in [1.807, 2.05) is 31.2 Å². The maximum Gasteiger partial charge on any atom is 0.316 e. The number of carbonyl (C=O) groups is 2. The highest BCUT2D eigenvalue weighted by molar-refractivity contribution is 8.00. The number of anilines is 1. The number of sulfonamides is 1. The van der Waals surface area contributed by atoms with Crippen LogP contribution in [0.4, 0.5) is 5.69 Å². The van der Waals surface area contributed by atoms with E-state index in [2.05, 4.69) is 5.32 Å². The van der Waals surface area contributed by atoms with Gasteiger partial charge in [-0.05, 0) is 49.6 Å². The van der Waals surface area contributed by atoms with E-state index in [9.17, 15) is 18.0 Å². The molecule has 1 N–H and O–H groups in total. The molecular weight excluding hydrogens is 424 g/mol. The minimum atomic E-state index is -3.57. The van der Waals surface area contributed by atoms with Crippen LogP contribution in [0.1, 0.15) is 18.4 Å². The van der Waals surface area contributed by atoms with Gasteiger partial charge in [0.1, 0.15) is 0 Å². The molecule has 2 aromatic carbocycles. The molecule has 0 radical (unpaired) electrons. The van der Waals surface area contributed by atoms with Gasteiger partial charge in [0.05, 0.1) is 10.6 Å². The van der Waals surface area contributed by atoms with Gasteiger partial charge in [0.2, 0.25) is 10.0 Å². The number of nitrogens with zero attached hydrogens (tertiary/aromatic N) is 1. The zero-order valence-electron chi connectivity index (χ0n) is 16.7. The Hall–Kier alpha value is -2.36. The normalized spacial score (nSPS) is 14.4. The predicted octanol–water partition coefficient (Wildman–Crippen LogP) is 3.05. The second-order valence-corrected chi connectivity index (χ2v) is 9.86. The van der Waals surface area contributed by atoms with E-state index in [0.29, 0.717) is 18.8 Å². The van der Waals surface area contributed by atoms with Gasteiger partial charge in [-0.3, -0.25) is 9.59 Å². The van der Waals surface area contributed by atoms with Crippen LogP contribution in [0.5, 0.6) is 0 Å². The van der Waals surface area contributed by atoms with Crippen LogP contribution in [0, 0.1) is 6.92 Å². The summed E-state index contributed by atoms with van der Waals surface area (Å²) in [7, 11) is -3.57. The molecule has 1 heterocycles. The van der Waals surface area contributed by atoms with Crippen molar-refractivity contribution in [3.63, 3.8) is 0 Å². The fourth-order valence-corrected chi connectivity index (χ4v) is 5.44. The van der Waals surface area contributed by atoms with E-state index >= 15 is 0 Å². The summed E-state index contributed by atoms with van der Waals surface area (Å²) in [6.45, 7) is 2.54. The molecule has 0 unspecified atom stereocenters. The van der Waals surface area contributed by atoms with E-state index in [1.54, 1.807) is 12.1 Å². The minimum absolute atomic E-state index is 0.0989. The zero-order chi connectivity index (χ0) is 21.6. The number of esters is 1. The van der Waals surface area contributed by atoms with Crippen molar-refractivity contribution in [3.8, 4) is 0 Å². The minimum Gasteiger partial charge on any atom is -0.455 e. The predicted molar refractivity (Wildman–Crippen MR) is 116 cm³/mol. The third-order valence-corrected chi connectivity index (χ3v) is 7.67. The lowest BCUT2D eigenvalue weighted by atomic mass is 10.2. The molecule has 0 aliphatic carbocycles. The van der Waals surface area contributed by atoms with E-state index < -0.39 is 28.5 Å². The highest BCUT2D eigenvalue weighted by Crippen LogP contribution is 2.23. The summed E-state index contributed by atoms with van der Waals surface area (Å²) in [6.07, 6.45) is 1.70. The Kier molecular flexibility index (Phi) is 7.52. The van der Waals surface area contributed by atoms with Gasteiger partial charge in [-0.2, -0.15) is 4.31 Å². The van der Waals surface area contributed by atoms with Crippen LogP contribution in [0.15, 0.2) is 58.3 Å². The summed E-state index contributed by atoms with van der Waals surface area (Å²) in [6, 6.07) is 13.8. The van der Waals surface area contributed by atoms with Crippen molar-refractivity contribution in [3.05, 3.63) is 54.1 Å². The zero-order valence-corrected chi connectivity index (χ0v) is 18.3. The van der Waals surface area contributed by atoms with E-state index in [0.717, 1.165) is 23.3 Å². The van der Waals surface area contributed by atoms with Crippen molar-refractivity contribution in [1.82, 2.24) is 4.31 Å². The number of nitrogens with one attached hydrogen (secondary N) is 1. The molecule has 9 heteroatoms. The number of ether oxygens (including phenoxy) is 1. The van der Waals surface area contributed by atoms with Crippen LogP contribution in [0.3, 0.4) is 0 Å². The van der Waals surface area contributed by atoms with Crippen LogP contribution in [0.2, 0.25) is 0 Å². The molecule has 0 saturated carbocycles. The molecule has 160 valence electrons. The Labute approximate surface area is 180 Å². The van der Waals surface area contributed by atoms with Crippen LogP contribution in [-0.2, 0) is 24.3 Å². The van der Waals surface area contributed by atoms with Crippen molar-refractivity contribution in [2.75, 3.05) is 30.8 Å². The first-order chi connectivity index (χ1) is 14.4. The summed E-state index contributed by atoms with van der Waals surface area (Å²) in [5, 5.41) is 2.58. The quantitative estimate of drug-likeness (QED) is 0.493. The average Bonchev–Trinajstić information content (AvgIpc) is 3.28. The van der Waals surface area contributed by atoms with Crippen LogP contribution < -0.4 is 5.32 Å². The van der Waals surface area contributed by atoms with Crippen molar-refractivity contribution in [2.45, 2.75) is 29.6 Å². The average molecular weight is 449 g/mol. The molecule has 0 aromatic heterocycles. The molecule has 7 nitrogen and oxygen atoms in total. The lowest BCUT2D eigenvalue weighted by Gasteiger charge is -2.16. The smallest absolute Gasteiger partial charge is 0.316 e. The summed E-state index contributed by atoms with van der Waals surface area (Å²) < 4.78 is 31.7. The first-order valence-electron chi connectivity index (χ1n) is 9.60. The van der Waals surface area contributed by atoms with E-state index in [1.165, 1.54) is 28.2 Å². The van der Waals surface area contributed by atoms with Crippen molar-refractivity contribution in [2.24, 2.45) is 0 Å². The lowest BCUT2D eigenvalue weighted by Crippen LogP contribution is -2.28. The number of aryl methyl sites for hydroxylation is 1. The molecule has 1 saturated heterocycles. The third kappa shape index (κ3) is 5.84. The maximum absolute atomic E-state index is 12.6. The topological polar surface area (TPSA) is 92.8 Å². The van der Waals surface area contributed by atoms with Crippen LogP contribution in [-0.4, -0.2) is 50.0 Å². The first kappa shape index (κ1) is 22.3. The second-order valence-electron chi connectivity index (χ2n) is 6.90. The van der Waals surface area contributed by atoms with Gasteiger partial charge in [0.15, 0.2) is 6.61 Å². The van der Waals surface area contributed by atoms with Crippen molar-refractivity contribution in [1.29, 1.82) is 0 Å². The molecule has 0 bridgehead atoms. The number of thioether (sulfide) groups is 1. The van der Waals surface area contributed by atoms with Gasteiger partial charge in [0.25, 0.3) is 5.91 Å². The monoisotopic (exact) mass is 448 g/mol. The van der Waals surface area contributed by atoms with Gasteiger partial charge < -0.3 is 10.1 Å². The molecule has 1 aliphatic rings. The second kappa shape index (κ2) is 10.1. The molecular formula is C21H24N2O5S2. The molecule has 3 rings (SSSR count). The summed E-state index contributed by atoms with van der Waals surface area (Å²) in [5.41, 5.74) is 1.41. The standard InChI is InChI=1S/C21H24N2O5S2/c1-16-7-2-3-10-19(16)29-15-21(25)28-14-20(24)22-17-8-6-9-18(13-17)30(26,27)23-11-4-5-12-23/h2-3,6-10,13H,4-5,11-12,14-15H2,1H3,(H,22,24). The molecule has 1 aliphatic heterocycles. The molecule has 0 atom stereocenters. The maximum atomic E-state index is 12.6. The number of benzene rings is 2.